The first kappa shape index (κ1) is 17.6. The summed E-state index contributed by atoms with van der Waals surface area (Å²) < 4.78 is 34.9. The fourth-order valence-electron chi connectivity index (χ4n) is 2.62. The molecule has 0 heterocycles. The molecule has 0 amide bonds. The topological polar surface area (TPSA) is 69.7 Å². The van der Waals surface area contributed by atoms with E-state index >= 15 is 0 Å². The third kappa shape index (κ3) is 4.46. The summed E-state index contributed by atoms with van der Waals surface area (Å²) in [4.78, 5) is 12.1. The Morgan fingerprint density at radius 3 is 2.32 bits per heavy atom. The summed E-state index contributed by atoms with van der Waals surface area (Å²) in [7, 11) is -3.79. The molecule has 2 aromatic carbocycles. The lowest BCUT2D eigenvalue weighted by molar-refractivity contribution is -0.156. The van der Waals surface area contributed by atoms with Gasteiger partial charge >= 0.3 is 5.97 Å². The molecule has 6 heteroatoms. The molecule has 0 bridgehead atoms. The van der Waals surface area contributed by atoms with Gasteiger partial charge in [-0.1, -0.05) is 48.0 Å². The van der Waals surface area contributed by atoms with Crippen molar-refractivity contribution in [3.8, 4) is 0 Å². The average molecular weight is 360 g/mol. The van der Waals surface area contributed by atoms with Gasteiger partial charge in [0.05, 0.1) is 16.9 Å². The fourth-order valence-corrected chi connectivity index (χ4v) is 3.72. The number of ether oxygens (including phenoxy) is 1. The Hall–Kier alpha value is -2.18. The molecule has 1 fully saturated rings. The maximum atomic E-state index is 12.2. The van der Waals surface area contributed by atoms with Crippen LogP contribution in [0.2, 0.25) is 0 Å². The van der Waals surface area contributed by atoms with Crippen molar-refractivity contribution >= 4 is 16.1 Å². The van der Waals surface area contributed by atoms with Crippen molar-refractivity contribution in [3.05, 3.63) is 65.7 Å². The number of benzene rings is 2. The third-order valence-corrected chi connectivity index (χ3v) is 5.60. The molecule has 0 aliphatic heterocycles. The van der Waals surface area contributed by atoms with E-state index in [0.717, 1.165) is 11.1 Å². The van der Waals surface area contributed by atoms with Gasteiger partial charge in [-0.2, -0.15) is 8.42 Å². The van der Waals surface area contributed by atoms with Crippen LogP contribution >= 0.6 is 0 Å². The van der Waals surface area contributed by atoms with Crippen molar-refractivity contribution in [1.29, 1.82) is 0 Å². The van der Waals surface area contributed by atoms with Crippen molar-refractivity contribution in [2.45, 2.75) is 37.4 Å². The number of hydrogen-bond donors (Lipinski definition) is 0. The van der Waals surface area contributed by atoms with Crippen molar-refractivity contribution in [2.24, 2.45) is 5.92 Å². The van der Waals surface area contributed by atoms with Crippen LogP contribution in [0.5, 0.6) is 0 Å². The monoisotopic (exact) mass is 360 g/mol. The van der Waals surface area contributed by atoms with Gasteiger partial charge in [-0.05, 0) is 37.5 Å². The zero-order valence-corrected chi connectivity index (χ0v) is 14.7. The molecule has 0 atom stereocenters. The third-order valence-electron chi connectivity index (χ3n) is 4.22. The van der Waals surface area contributed by atoms with Gasteiger partial charge in [0, 0.05) is 0 Å². The number of carbonyl (C=O) groups excluding carboxylic acids is 1. The predicted octanol–water partition coefficient (Wildman–Crippen LogP) is 3.22. The Kier molecular flexibility index (Phi) is 5.20. The molecule has 0 radical (unpaired) electrons. The van der Waals surface area contributed by atoms with Crippen LogP contribution in [0.1, 0.15) is 24.0 Å². The molecule has 1 aliphatic carbocycles. The van der Waals surface area contributed by atoms with E-state index < -0.39 is 16.2 Å². The standard InChI is InChI=1S/C19H20O5S/c1-14-7-9-18(10-8-14)25(21,22)24-17-11-16(12-17)19(20)23-13-15-5-3-2-4-6-15/h2-10,16-17H,11-13H2,1H3. The summed E-state index contributed by atoms with van der Waals surface area (Å²) in [5.74, 6) is -0.613. The summed E-state index contributed by atoms with van der Waals surface area (Å²) in [6, 6.07) is 15.9. The molecule has 1 saturated carbocycles. The second-order valence-electron chi connectivity index (χ2n) is 6.25. The quantitative estimate of drug-likeness (QED) is 0.584. The molecule has 0 spiro atoms. The maximum absolute atomic E-state index is 12.2. The maximum Gasteiger partial charge on any atom is 0.309 e. The highest BCUT2D eigenvalue weighted by Crippen LogP contribution is 2.33. The second kappa shape index (κ2) is 7.37. The first-order valence-corrected chi connectivity index (χ1v) is 9.55. The van der Waals surface area contributed by atoms with Crippen LogP contribution in [0.3, 0.4) is 0 Å². The highest BCUT2D eigenvalue weighted by molar-refractivity contribution is 7.86. The Morgan fingerprint density at radius 2 is 1.68 bits per heavy atom. The first-order chi connectivity index (χ1) is 11.9. The summed E-state index contributed by atoms with van der Waals surface area (Å²) >= 11 is 0. The Balaban J connectivity index is 1.47. The summed E-state index contributed by atoms with van der Waals surface area (Å²) in [5.41, 5.74) is 1.90. The van der Waals surface area contributed by atoms with Crippen LogP contribution in [0, 0.1) is 12.8 Å². The van der Waals surface area contributed by atoms with E-state index in [1.165, 1.54) is 12.1 Å². The summed E-state index contributed by atoms with van der Waals surface area (Å²) in [5, 5.41) is 0. The molecule has 5 nitrogen and oxygen atoms in total. The minimum absolute atomic E-state index is 0.133. The number of carbonyl (C=O) groups is 1. The number of rotatable bonds is 6. The van der Waals surface area contributed by atoms with Crippen LogP contribution in [-0.2, 0) is 30.4 Å². The highest BCUT2D eigenvalue weighted by atomic mass is 32.2. The zero-order valence-electron chi connectivity index (χ0n) is 13.9. The summed E-state index contributed by atoms with van der Waals surface area (Å²) in [6.45, 7) is 2.11. The SMILES string of the molecule is Cc1ccc(S(=O)(=O)OC2CC(C(=O)OCc3ccccc3)C2)cc1. The molecule has 3 rings (SSSR count). The van der Waals surface area contributed by atoms with Crippen LogP contribution in [0.25, 0.3) is 0 Å². The van der Waals surface area contributed by atoms with Gasteiger partial charge in [-0.25, -0.2) is 0 Å². The lowest BCUT2D eigenvalue weighted by Gasteiger charge is -2.32. The lowest BCUT2D eigenvalue weighted by Crippen LogP contribution is -2.38. The molecule has 132 valence electrons. The number of aryl methyl sites for hydroxylation is 1. The van der Waals surface area contributed by atoms with E-state index in [2.05, 4.69) is 0 Å². The van der Waals surface area contributed by atoms with Crippen LogP contribution in [0.4, 0.5) is 0 Å². The molecule has 25 heavy (non-hydrogen) atoms. The molecule has 0 saturated heterocycles. The number of esters is 1. The largest absolute Gasteiger partial charge is 0.461 e. The van der Waals surface area contributed by atoms with Gasteiger partial charge in [-0.15, -0.1) is 0 Å². The van der Waals surface area contributed by atoms with Crippen LogP contribution in [0.15, 0.2) is 59.5 Å². The Bertz CT molecular complexity index is 822. The molecular weight excluding hydrogens is 340 g/mol. The normalized spacial score (nSPS) is 19.9. The first-order valence-electron chi connectivity index (χ1n) is 8.14. The molecular formula is C19H20O5S. The van der Waals surface area contributed by atoms with Crippen LogP contribution < -0.4 is 0 Å². The minimum Gasteiger partial charge on any atom is -0.461 e. The number of hydrogen-bond acceptors (Lipinski definition) is 5. The van der Waals surface area contributed by atoms with Crippen molar-refractivity contribution in [2.75, 3.05) is 0 Å². The van der Waals surface area contributed by atoms with Crippen LogP contribution in [-0.4, -0.2) is 20.5 Å². The molecule has 0 unspecified atom stereocenters. The van der Waals surface area contributed by atoms with Gasteiger partial charge < -0.3 is 4.74 Å². The molecule has 0 aromatic heterocycles. The van der Waals surface area contributed by atoms with Crippen molar-refractivity contribution < 1.29 is 22.1 Å². The minimum atomic E-state index is -3.79. The van der Waals surface area contributed by atoms with Gasteiger partial charge in [0.15, 0.2) is 0 Å². The van der Waals surface area contributed by atoms with Gasteiger partial charge in [0.2, 0.25) is 0 Å². The zero-order chi connectivity index (χ0) is 17.9. The predicted molar refractivity (Wildman–Crippen MR) is 92.2 cm³/mol. The van der Waals surface area contributed by atoms with Gasteiger partial charge in [0.1, 0.15) is 6.61 Å². The van der Waals surface area contributed by atoms with E-state index in [1.807, 2.05) is 37.3 Å². The summed E-state index contributed by atoms with van der Waals surface area (Å²) in [6.07, 6.45) is 0.248. The molecule has 2 aromatic rings. The van der Waals surface area contributed by atoms with E-state index in [0.29, 0.717) is 12.8 Å². The fraction of sp³-hybridized carbons (Fsp3) is 0.316. The second-order valence-corrected chi connectivity index (χ2v) is 7.82. The van der Waals surface area contributed by atoms with E-state index in [-0.39, 0.29) is 23.4 Å². The van der Waals surface area contributed by atoms with Crippen molar-refractivity contribution in [3.63, 3.8) is 0 Å². The smallest absolute Gasteiger partial charge is 0.309 e. The highest BCUT2D eigenvalue weighted by Gasteiger charge is 2.39. The van der Waals surface area contributed by atoms with Crippen molar-refractivity contribution in [1.82, 2.24) is 0 Å². The Morgan fingerprint density at radius 1 is 1.04 bits per heavy atom. The lowest BCUT2D eigenvalue weighted by atomic mass is 9.82. The van der Waals surface area contributed by atoms with E-state index in [4.69, 9.17) is 8.92 Å². The average Bonchev–Trinajstić information content (AvgIpc) is 2.57. The molecule has 0 N–H and O–H groups in total. The van der Waals surface area contributed by atoms with E-state index in [1.54, 1.807) is 12.1 Å². The Labute approximate surface area is 147 Å². The van der Waals surface area contributed by atoms with E-state index in [9.17, 15) is 13.2 Å². The van der Waals surface area contributed by atoms with Gasteiger partial charge in [-0.3, -0.25) is 8.98 Å². The van der Waals surface area contributed by atoms with Gasteiger partial charge in [0.25, 0.3) is 10.1 Å². The molecule has 1 aliphatic rings.